The highest BCUT2D eigenvalue weighted by atomic mass is 32.2. The second-order valence-corrected chi connectivity index (χ2v) is 8.31. The predicted octanol–water partition coefficient (Wildman–Crippen LogP) is 3.96. The number of nitrogens with one attached hydrogen (secondary N) is 2. The van der Waals surface area contributed by atoms with Crippen molar-refractivity contribution in [1.82, 2.24) is 5.16 Å². The minimum Gasteiger partial charge on any atom is -0.337 e. The molecule has 0 saturated heterocycles. The van der Waals surface area contributed by atoms with Gasteiger partial charge in [-0.15, -0.1) is 0 Å². The van der Waals surface area contributed by atoms with E-state index in [9.17, 15) is 13.2 Å². The molecule has 7 nitrogen and oxygen atoms in total. The van der Waals surface area contributed by atoms with Crippen LogP contribution in [0.1, 0.15) is 32.7 Å². The van der Waals surface area contributed by atoms with E-state index in [1.54, 1.807) is 19.9 Å². The number of carbonyl (C=O) groups excluding carboxylic acids is 1. The van der Waals surface area contributed by atoms with Crippen LogP contribution in [-0.2, 0) is 10.0 Å². The van der Waals surface area contributed by atoms with E-state index >= 15 is 0 Å². The van der Waals surface area contributed by atoms with Gasteiger partial charge in [-0.1, -0.05) is 22.9 Å². The maximum atomic E-state index is 12.5. The van der Waals surface area contributed by atoms with E-state index in [0.717, 1.165) is 11.1 Å². The van der Waals surface area contributed by atoms with Crippen LogP contribution in [-0.4, -0.2) is 19.5 Å². The fourth-order valence-electron chi connectivity index (χ4n) is 2.68. The SMILES string of the molecule is Cc1ccc(C(=O)Nc2ccc(S(=O)(=O)Nc3onc(C)c3C)cc2)c(C)c1. The van der Waals surface area contributed by atoms with Crippen molar-refractivity contribution in [2.24, 2.45) is 0 Å². The van der Waals surface area contributed by atoms with Crippen molar-refractivity contribution in [3.05, 3.63) is 70.4 Å². The standard InChI is InChI=1S/C20H21N3O4S/c1-12-5-10-18(13(2)11-12)19(24)21-16-6-8-17(9-7-16)28(25,26)23-20-14(3)15(4)22-27-20/h5-11,23H,1-4H3,(H,21,24). The van der Waals surface area contributed by atoms with Crippen molar-refractivity contribution in [2.75, 3.05) is 10.0 Å². The van der Waals surface area contributed by atoms with E-state index in [1.807, 2.05) is 26.0 Å². The first-order valence-electron chi connectivity index (χ1n) is 8.62. The van der Waals surface area contributed by atoms with Crippen LogP contribution in [0.25, 0.3) is 0 Å². The van der Waals surface area contributed by atoms with Gasteiger partial charge in [0.1, 0.15) is 0 Å². The molecule has 3 aromatic rings. The Hall–Kier alpha value is -3.13. The van der Waals surface area contributed by atoms with Gasteiger partial charge in [0.25, 0.3) is 15.9 Å². The molecule has 2 N–H and O–H groups in total. The third-order valence-electron chi connectivity index (χ3n) is 4.43. The molecule has 0 bridgehead atoms. The molecule has 0 fully saturated rings. The monoisotopic (exact) mass is 399 g/mol. The molecule has 1 heterocycles. The number of benzene rings is 2. The molecule has 2 aromatic carbocycles. The van der Waals surface area contributed by atoms with Crippen molar-refractivity contribution < 1.29 is 17.7 Å². The lowest BCUT2D eigenvalue weighted by Crippen LogP contribution is -2.15. The summed E-state index contributed by atoms with van der Waals surface area (Å²) in [6, 6.07) is 11.5. The second kappa shape index (κ2) is 7.47. The highest BCUT2D eigenvalue weighted by Gasteiger charge is 2.19. The Labute approximate surface area is 163 Å². The molecule has 8 heteroatoms. The zero-order valence-electron chi connectivity index (χ0n) is 16.0. The Morgan fingerprint density at radius 3 is 2.25 bits per heavy atom. The van der Waals surface area contributed by atoms with Crippen LogP contribution in [0.4, 0.5) is 11.6 Å². The summed E-state index contributed by atoms with van der Waals surface area (Å²) in [4.78, 5) is 12.5. The van der Waals surface area contributed by atoms with Crippen LogP contribution in [0, 0.1) is 27.7 Å². The largest absolute Gasteiger partial charge is 0.337 e. The summed E-state index contributed by atoms with van der Waals surface area (Å²) < 4.78 is 32.4. The predicted molar refractivity (Wildman–Crippen MR) is 107 cm³/mol. The minimum atomic E-state index is -3.83. The lowest BCUT2D eigenvalue weighted by molar-refractivity contribution is 0.102. The van der Waals surface area contributed by atoms with Gasteiger partial charge in [0.05, 0.1) is 10.6 Å². The number of hydrogen-bond donors (Lipinski definition) is 2. The molecule has 1 aromatic heterocycles. The van der Waals surface area contributed by atoms with Gasteiger partial charge in [-0.2, -0.15) is 0 Å². The number of sulfonamides is 1. The number of carbonyl (C=O) groups is 1. The molecule has 0 aliphatic heterocycles. The molecular formula is C20H21N3O4S. The lowest BCUT2D eigenvalue weighted by Gasteiger charge is -2.10. The van der Waals surface area contributed by atoms with Gasteiger partial charge in [0.15, 0.2) is 0 Å². The molecule has 1 amide bonds. The molecular weight excluding hydrogens is 378 g/mol. The topological polar surface area (TPSA) is 101 Å². The van der Waals surface area contributed by atoms with E-state index in [0.29, 0.717) is 22.5 Å². The summed E-state index contributed by atoms with van der Waals surface area (Å²) in [5.74, 6) is -0.163. The zero-order chi connectivity index (χ0) is 20.5. The molecule has 0 spiro atoms. The summed E-state index contributed by atoms with van der Waals surface area (Å²) in [6.45, 7) is 7.28. The number of aromatic nitrogens is 1. The Morgan fingerprint density at radius 2 is 1.68 bits per heavy atom. The van der Waals surface area contributed by atoms with Crippen LogP contribution >= 0.6 is 0 Å². The minimum absolute atomic E-state index is 0.0467. The summed E-state index contributed by atoms with van der Waals surface area (Å²) in [7, 11) is -3.83. The first-order valence-corrected chi connectivity index (χ1v) is 10.1. The Bertz CT molecular complexity index is 1130. The van der Waals surface area contributed by atoms with E-state index in [-0.39, 0.29) is 16.7 Å². The molecule has 0 saturated carbocycles. The molecule has 0 aliphatic carbocycles. The van der Waals surface area contributed by atoms with Gasteiger partial charge >= 0.3 is 0 Å². The van der Waals surface area contributed by atoms with Crippen LogP contribution in [0.15, 0.2) is 51.9 Å². The number of nitrogens with zero attached hydrogens (tertiary/aromatic N) is 1. The number of hydrogen-bond acceptors (Lipinski definition) is 5. The summed E-state index contributed by atoms with van der Waals surface area (Å²) in [5, 5.41) is 6.51. The van der Waals surface area contributed by atoms with Crippen molar-refractivity contribution in [2.45, 2.75) is 32.6 Å². The smallest absolute Gasteiger partial charge is 0.264 e. The summed E-state index contributed by atoms with van der Waals surface area (Å²) in [6.07, 6.45) is 0. The molecule has 0 radical (unpaired) electrons. The molecule has 0 aliphatic rings. The molecule has 0 unspecified atom stereocenters. The molecule has 3 rings (SSSR count). The van der Waals surface area contributed by atoms with Gasteiger partial charge in [0, 0.05) is 16.8 Å². The second-order valence-electron chi connectivity index (χ2n) is 6.62. The van der Waals surface area contributed by atoms with Crippen molar-refractivity contribution >= 4 is 27.5 Å². The van der Waals surface area contributed by atoms with Crippen LogP contribution in [0.5, 0.6) is 0 Å². The lowest BCUT2D eigenvalue weighted by atomic mass is 10.1. The maximum absolute atomic E-state index is 12.5. The Balaban J connectivity index is 1.75. The van der Waals surface area contributed by atoms with Gasteiger partial charge in [-0.05, 0) is 63.6 Å². The van der Waals surface area contributed by atoms with Gasteiger partial charge in [-0.25, -0.2) is 13.1 Å². The Kier molecular flexibility index (Phi) is 5.24. The normalized spacial score (nSPS) is 11.3. The highest BCUT2D eigenvalue weighted by molar-refractivity contribution is 7.92. The third kappa shape index (κ3) is 4.07. The van der Waals surface area contributed by atoms with Gasteiger partial charge in [0.2, 0.25) is 5.88 Å². The van der Waals surface area contributed by atoms with Crippen LogP contribution in [0.2, 0.25) is 0 Å². The zero-order valence-corrected chi connectivity index (χ0v) is 16.8. The van der Waals surface area contributed by atoms with E-state index in [4.69, 9.17) is 4.52 Å². The fourth-order valence-corrected chi connectivity index (χ4v) is 3.72. The average molecular weight is 399 g/mol. The summed E-state index contributed by atoms with van der Waals surface area (Å²) >= 11 is 0. The van der Waals surface area contributed by atoms with E-state index in [1.165, 1.54) is 24.3 Å². The number of rotatable bonds is 5. The average Bonchev–Trinajstić information content (AvgIpc) is 2.93. The Morgan fingerprint density at radius 1 is 1.00 bits per heavy atom. The summed E-state index contributed by atoms with van der Waals surface area (Å²) in [5.41, 5.74) is 4.26. The fraction of sp³-hybridized carbons (Fsp3) is 0.200. The van der Waals surface area contributed by atoms with Crippen molar-refractivity contribution in [3.63, 3.8) is 0 Å². The number of amides is 1. The quantitative estimate of drug-likeness (QED) is 0.676. The first-order chi connectivity index (χ1) is 13.2. The third-order valence-corrected chi connectivity index (χ3v) is 5.78. The maximum Gasteiger partial charge on any atom is 0.264 e. The molecule has 28 heavy (non-hydrogen) atoms. The van der Waals surface area contributed by atoms with Crippen molar-refractivity contribution in [3.8, 4) is 0 Å². The number of aryl methyl sites for hydroxylation is 3. The van der Waals surface area contributed by atoms with Crippen LogP contribution in [0.3, 0.4) is 0 Å². The van der Waals surface area contributed by atoms with Crippen molar-refractivity contribution in [1.29, 1.82) is 0 Å². The molecule has 146 valence electrons. The van der Waals surface area contributed by atoms with Gasteiger partial charge in [-0.3, -0.25) is 4.79 Å². The van der Waals surface area contributed by atoms with E-state index < -0.39 is 10.0 Å². The highest BCUT2D eigenvalue weighted by Crippen LogP contribution is 2.23. The van der Waals surface area contributed by atoms with Gasteiger partial charge < -0.3 is 9.84 Å². The molecule has 0 atom stereocenters. The number of anilines is 2. The van der Waals surface area contributed by atoms with E-state index in [2.05, 4.69) is 15.2 Å². The first kappa shape index (κ1) is 19.6. The van der Waals surface area contributed by atoms with Crippen LogP contribution < -0.4 is 10.0 Å².